The Kier molecular flexibility index (Phi) is 4.08. The molecule has 2 nitrogen and oxygen atoms in total. The van der Waals surface area contributed by atoms with E-state index in [1.165, 1.54) is 23.5 Å². The lowest BCUT2D eigenvalue weighted by Gasteiger charge is -2.08. The lowest BCUT2D eigenvalue weighted by Crippen LogP contribution is -2.01. The van der Waals surface area contributed by atoms with Crippen LogP contribution in [-0.2, 0) is 6.42 Å². The Morgan fingerprint density at radius 2 is 1.76 bits per heavy atom. The average molecular weight is 299 g/mol. The van der Waals surface area contributed by atoms with Crippen LogP contribution in [-0.4, -0.2) is 10.1 Å². The molecular weight excluding hydrogens is 285 g/mol. The second-order valence-corrected chi connectivity index (χ2v) is 5.71. The Balaban J connectivity index is 1.74. The first kappa shape index (κ1) is 13.9. The Bertz CT molecular complexity index is 709. The zero-order valence-corrected chi connectivity index (χ0v) is 12.1. The Morgan fingerprint density at radius 3 is 2.48 bits per heavy atom. The van der Waals surface area contributed by atoms with Crippen molar-refractivity contribution in [1.29, 1.82) is 0 Å². The van der Waals surface area contributed by atoms with Gasteiger partial charge in [0.2, 0.25) is 0 Å². The minimum absolute atomic E-state index is 0.299. The van der Waals surface area contributed by atoms with E-state index in [1.807, 2.05) is 35.7 Å². The van der Waals surface area contributed by atoms with Gasteiger partial charge in [0, 0.05) is 17.4 Å². The van der Waals surface area contributed by atoms with Crippen molar-refractivity contribution >= 4 is 11.3 Å². The summed E-state index contributed by atoms with van der Waals surface area (Å²) in [6, 6.07) is 15.9. The monoisotopic (exact) mass is 299 g/mol. The lowest BCUT2D eigenvalue weighted by atomic mass is 10.1. The number of rotatable bonds is 4. The highest BCUT2D eigenvalue weighted by atomic mass is 32.1. The van der Waals surface area contributed by atoms with E-state index in [0.717, 1.165) is 16.3 Å². The summed E-state index contributed by atoms with van der Waals surface area (Å²) in [6.07, 6.45) is -0.233. The van der Waals surface area contributed by atoms with Gasteiger partial charge in [-0.15, -0.1) is 11.3 Å². The van der Waals surface area contributed by atoms with Gasteiger partial charge in [-0.2, -0.15) is 0 Å². The van der Waals surface area contributed by atoms with Crippen molar-refractivity contribution in [2.75, 3.05) is 0 Å². The van der Waals surface area contributed by atoms with Crippen molar-refractivity contribution in [3.05, 3.63) is 76.4 Å². The molecule has 0 saturated heterocycles. The molecule has 0 saturated carbocycles. The van der Waals surface area contributed by atoms with E-state index >= 15 is 0 Å². The molecule has 106 valence electrons. The third-order valence-electron chi connectivity index (χ3n) is 3.24. The number of hydrogen-bond donors (Lipinski definition) is 1. The van der Waals surface area contributed by atoms with Crippen LogP contribution in [0.15, 0.2) is 60.0 Å². The van der Waals surface area contributed by atoms with Crippen molar-refractivity contribution in [3.63, 3.8) is 0 Å². The molecule has 1 N–H and O–H groups in total. The van der Waals surface area contributed by atoms with Crippen LogP contribution in [0, 0.1) is 5.82 Å². The summed E-state index contributed by atoms with van der Waals surface area (Å²) in [4.78, 5) is 4.55. The molecule has 3 rings (SSSR count). The summed E-state index contributed by atoms with van der Waals surface area (Å²) in [7, 11) is 0. The van der Waals surface area contributed by atoms with E-state index in [2.05, 4.69) is 4.98 Å². The molecule has 0 radical (unpaired) electrons. The Hall–Kier alpha value is -2.04. The van der Waals surface area contributed by atoms with E-state index in [1.54, 1.807) is 12.1 Å². The highest BCUT2D eigenvalue weighted by molar-refractivity contribution is 7.09. The number of nitrogens with zero attached hydrogens (tertiary/aromatic N) is 1. The lowest BCUT2D eigenvalue weighted by molar-refractivity contribution is 0.178. The van der Waals surface area contributed by atoms with Crippen molar-refractivity contribution in [2.45, 2.75) is 12.5 Å². The number of thiazole rings is 1. The second-order valence-electron chi connectivity index (χ2n) is 4.76. The van der Waals surface area contributed by atoms with Crippen LogP contribution in [0.2, 0.25) is 0 Å². The van der Waals surface area contributed by atoms with Gasteiger partial charge in [-0.3, -0.25) is 0 Å². The average Bonchev–Trinajstić information content (AvgIpc) is 2.97. The predicted molar refractivity (Wildman–Crippen MR) is 82.6 cm³/mol. The summed E-state index contributed by atoms with van der Waals surface area (Å²) in [5, 5.41) is 13.0. The first-order valence-electron chi connectivity index (χ1n) is 6.66. The summed E-state index contributed by atoms with van der Waals surface area (Å²) in [5.74, 6) is -0.299. The molecule has 0 bridgehead atoms. The Morgan fingerprint density at radius 1 is 1.05 bits per heavy atom. The summed E-state index contributed by atoms with van der Waals surface area (Å²) in [6.45, 7) is 0. The van der Waals surface area contributed by atoms with Crippen LogP contribution in [0.5, 0.6) is 0 Å². The van der Waals surface area contributed by atoms with Crippen LogP contribution in [0.4, 0.5) is 4.39 Å². The number of halogens is 1. The highest BCUT2D eigenvalue weighted by Gasteiger charge is 2.12. The standard InChI is InChI=1S/C17H14FNOS/c18-14-8-6-13(7-9-14)16(20)10-17-19-15(11-21-17)12-4-2-1-3-5-12/h1-9,11,16,20H,10H2. The van der Waals surface area contributed by atoms with Crippen LogP contribution >= 0.6 is 11.3 Å². The molecule has 4 heteroatoms. The molecule has 0 fully saturated rings. The molecule has 1 unspecified atom stereocenters. The summed E-state index contributed by atoms with van der Waals surface area (Å²) < 4.78 is 12.9. The van der Waals surface area contributed by atoms with Gasteiger partial charge >= 0.3 is 0 Å². The SMILES string of the molecule is OC(Cc1nc(-c2ccccc2)cs1)c1ccc(F)cc1. The van der Waals surface area contributed by atoms with Gasteiger partial charge in [0.1, 0.15) is 5.82 Å². The molecule has 3 aromatic rings. The number of aromatic nitrogens is 1. The molecule has 2 aromatic carbocycles. The van der Waals surface area contributed by atoms with Crippen molar-refractivity contribution < 1.29 is 9.50 Å². The zero-order chi connectivity index (χ0) is 14.7. The quantitative estimate of drug-likeness (QED) is 0.782. The molecular formula is C17H14FNOS. The van der Waals surface area contributed by atoms with Gasteiger partial charge < -0.3 is 5.11 Å². The largest absolute Gasteiger partial charge is 0.388 e. The van der Waals surface area contributed by atoms with Gasteiger partial charge in [0.25, 0.3) is 0 Å². The van der Waals surface area contributed by atoms with Crippen LogP contribution in [0.1, 0.15) is 16.7 Å². The minimum atomic E-state index is -0.666. The summed E-state index contributed by atoms with van der Waals surface area (Å²) in [5.41, 5.74) is 2.69. The first-order chi connectivity index (χ1) is 10.2. The van der Waals surface area contributed by atoms with E-state index in [4.69, 9.17) is 0 Å². The normalized spacial score (nSPS) is 12.3. The molecule has 0 amide bonds. The van der Waals surface area contributed by atoms with E-state index < -0.39 is 6.10 Å². The topological polar surface area (TPSA) is 33.1 Å². The fourth-order valence-corrected chi connectivity index (χ4v) is 2.96. The van der Waals surface area contributed by atoms with Crippen molar-refractivity contribution in [1.82, 2.24) is 4.98 Å². The maximum atomic E-state index is 12.9. The molecule has 0 aliphatic heterocycles. The maximum Gasteiger partial charge on any atom is 0.123 e. The molecule has 21 heavy (non-hydrogen) atoms. The number of aliphatic hydroxyl groups is 1. The molecule has 0 aliphatic rings. The number of benzene rings is 2. The second kappa shape index (κ2) is 6.16. The van der Waals surface area contributed by atoms with Gasteiger partial charge in [0.15, 0.2) is 0 Å². The maximum absolute atomic E-state index is 12.9. The number of aliphatic hydroxyl groups excluding tert-OH is 1. The molecule has 1 heterocycles. The predicted octanol–water partition coefficient (Wildman–Crippen LogP) is 4.23. The molecule has 0 aliphatic carbocycles. The molecule has 1 aromatic heterocycles. The Labute approximate surface area is 126 Å². The van der Waals surface area contributed by atoms with Crippen LogP contribution in [0.3, 0.4) is 0 Å². The summed E-state index contributed by atoms with van der Waals surface area (Å²) >= 11 is 1.53. The van der Waals surface area contributed by atoms with E-state index in [0.29, 0.717) is 12.0 Å². The van der Waals surface area contributed by atoms with Gasteiger partial charge in [-0.25, -0.2) is 9.37 Å². The highest BCUT2D eigenvalue weighted by Crippen LogP contribution is 2.25. The van der Waals surface area contributed by atoms with Gasteiger partial charge in [-0.1, -0.05) is 42.5 Å². The zero-order valence-electron chi connectivity index (χ0n) is 11.2. The number of hydrogen-bond acceptors (Lipinski definition) is 3. The fourth-order valence-electron chi connectivity index (χ4n) is 2.11. The van der Waals surface area contributed by atoms with Gasteiger partial charge in [-0.05, 0) is 17.7 Å². The van der Waals surface area contributed by atoms with E-state index in [9.17, 15) is 9.50 Å². The third-order valence-corrected chi connectivity index (χ3v) is 4.12. The minimum Gasteiger partial charge on any atom is -0.388 e. The first-order valence-corrected chi connectivity index (χ1v) is 7.54. The van der Waals surface area contributed by atoms with Crippen molar-refractivity contribution in [3.8, 4) is 11.3 Å². The molecule has 0 spiro atoms. The smallest absolute Gasteiger partial charge is 0.123 e. The fraction of sp³-hybridized carbons (Fsp3) is 0.118. The van der Waals surface area contributed by atoms with Crippen LogP contribution in [0.25, 0.3) is 11.3 Å². The van der Waals surface area contributed by atoms with Gasteiger partial charge in [0.05, 0.1) is 16.8 Å². The molecule has 1 atom stereocenters. The third kappa shape index (κ3) is 3.35. The van der Waals surface area contributed by atoms with Crippen LogP contribution < -0.4 is 0 Å². The van der Waals surface area contributed by atoms with E-state index in [-0.39, 0.29) is 5.82 Å². The van der Waals surface area contributed by atoms with Crippen molar-refractivity contribution in [2.24, 2.45) is 0 Å².